The molecule has 1 aliphatic rings. The van der Waals surface area contributed by atoms with Crippen LogP contribution >= 0.6 is 11.3 Å². The van der Waals surface area contributed by atoms with Gasteiger partial charge >= 0.3 is 0 Å². The molecule has 130 valence electrons. The monoisotopic (exact) mass is 351 g/mol. The van der Waals surface area contributed by atoms with Gasteiger partial charge in [-0.2, -0.15) is 0 Å². The first-order valence-corrected chi connectivity index (χ1v) is 8.76. The zero-order valence-electron chi connectivity index (χ0n) is 13.6. The third-order valence-corrected chi connectivity index (χ3v) is 4.90. The van der Waals surface area contributed by atoms with Gasteiger partial charge in [-0.15, -0.1) is 11.3 Å². The van der Waals surface area contributed by atoms with Crippen LogP contribution in [0.1, 0.15) is 34.3 Å². The molecule has 0 bridgehead atoms. The molecule has 0 unspecified atom stereocenters. The van der Waals surface area contributed by atoms with E-state index >= 15 is 0 Å². The second-order valence-electron chi connectivity index (χ2n) is 5.45. The number of piperidine rings is 1. The second-order valence-corrected chi connectivity index (χ2v) is 6.50. The Morgan fingerprint density at radius 3 is 3.00 bits per heavy atom. The molecule has 24 heavy (non-hydrogen) atoms. The molecule has 5 nitrogen and oxygen atoms in total. The summed E-state index contributed by atoms with van der Waals surface area (Å²) < 4.78 is 12.7. The quantitative estimate of drug-likeness (QED) is 0.522. The van der Waals surface area contributed by atoms with E-state index in [1.165, 1.54) is 17.4 Å². The van der Waals surface area contributed by atoms with E-state index in [-0.39, 0.29) is 11.9 Å². The fourth-order valence-electron chi connectivity index (χ4n) is 2.61. The molecule has 1 aromatic rings. The van der Waals surface area contributed by atoms with Crippen molar-refractivity contribution in [3.05, 3.63) is 34.0 Å². The number of carbonyl (C=O) groups excluding carboxylic acids is 2. The number of allylic oxidation sites excluding steroid dienone is 4. The molecule has 0 spiro atoms. The van der Waals surface area contributed by atoms with Crippen molar-refractivity contribution in [2.45, 2.75) is 25.8 Å². The first-order valence-electron chi connectivity index (χ1n) is 7.94. The molecule has 7 heteroatoms. The first kappa shape index (κ1) is 18.4. The van der Waals surface area contributed by atoms with Gasteiger partial charge in [-0.25, -0.2) is 4.39 Å². The number of anilines is 1. The highest BCUT2D eigenvalue weighted by Crippen LogP contribution is 2.32. The Kier molecular flexibility index (Phi) is 7.14. The van der Waals surface area contributed by atoms with E-state index in [1.54, 1.807) is 12.1 Å². The Morgan fingerprint density at radius 1 is 1.54 bits per heavy atom. The summed E-state index contributed by atoms with van der Waals surface area (Å²) in [5.74, 6) is -0.218. The maximum atomic E-state index is 12.7. The number of hydrogen-bond acceptors (Lipinski definition) is 4. The molecule has 1 aliphatic heterocycles. The topological polar surface area (TPSA) is 70.2 Å². The number of thiophene rings is 1. The van der Waals surface area contributed by atoms with E-state index in [0.29, 0.717) is 22.5 Å². The van der Waals surface area contributed by atoms with Gasteiger partial charge < -0.3 is 16.0 Å². The van der Waals surface area contributed by atoms with Crippen molar-refractivity contribution >= 4 is 34.9 Å². The highest BCUT2D eigenvalue weighted by molar-refractivity contribution is 7.15. The van der Waals surface area contributed by atoms with Crippen LogP contribution in [0.2, 0.25) is 0 Å². The molecule has 1 fully saturated rings. The van der Waals surface area contributed by atoms with Crippen molar-refractivity contribution in [3.8, 4) is 0 Å². The minimum absolute atomic E-state index is 0.0808. The molecular weight excluding hydrogens is 329 g/mol. The number of hydrogen-bond donors (Lipinski definition) is 3. The van der Waals surface area contributed by atoms with Gasteiger partial charge in [-0.3, -0.25) is 9.59 Å². The van der Waals surface area contributed by atoms with Gasteiger partial charge in [0.25, 0.3) is 5.91 Å². The van der Waals surface area contributed by atoms with Crippen molar-refractivity contribution in [3.63, 3.8) is 0 Å². The minimum atomic E-state index is -0.594. The largest absolute Gasteiger partial charge is 0.347 e. The van der Waals surface area contributed by atoms with Crippen molar-refractivity contribution < 1.29 is 14.0 Å². The Labute approximate surface area is 145 Å². The predicted octanol–water partition coefficient (Wildman–Crippen LogP) is 2.73. The minimum Gasteiger partial charge on any atom is -0.347 e. The zero-order chi connectivity index (χ0) is 17.4. The normalized spacial score (nSPS) is 18.6. The van der Waals surface area contributed by atoms with Crippen molar-refractivity contribution in [1.82, 2.24) is 10.6 Å². The smallest absolute Gasteiger partial charge is 0.263 e. The lowest BCUT2D eigenvalue weighted by Crippen LogP contribution is -2.45. The van der Waals surface area contributed by atoms with Crippen LogP contribution in [0.25, 0.3) is 5.57 Å². The van der Waals surface area contributed by atoms with Crippen LogP contribution in [0.4, 0.5) is 10.1 Å². The standard InChI is InChI=1S/C17H22FN3O2S/c1-2-4-12(6-7-18)15-9-14(20-11-22)16(24-15)17(23)21-13-5-3-8-19-10-13/h2,4,6,9,11,13,19H,3,5,7-8,10H2,1H3,(H,20,22)(H,21,23)/b4-2-,12-6+/t13-/m0/s1. The van der Waals surface area contributed by atoms with Crippen molar-refractivity contribution in [2.75, 3.05) is 25.1 Å². The van der Waals surface area contributed by atoms with E-state index in [1.807, 2.05) is 13.0 Å². The second kappa shape index (κ2) is 9.34. The van der Waals surface area contributed by atoms with Gasteiger partial charge in [-0.1, -0.05) is 12.2 Å². The SMILES string of the molecule is C/C=C\C(=C/CF)c1cc(NC=O)c(C(=O)N[C@H]2CCCNC2)s1. The molecule has 0 aromatic carbocycles. The lowest BCUT2D eigenvalue weighted by molar-refractivity contribution is -0.105. The van der Waals surface area contributed by atoms with Crippen LogP contribution in [-0.2, 0) is 4.79 Å². The van der Waals surface area contributed by atoms with Crippen molar-refractivity contribution in [1.29, 1.82) is 0 Å². The number of amides is 2. The Balaban J connectivity index is 2.25. The van der Waals surface area contributed by atoms with Crippen LogP contribution in [0, 0.1) is 0 Å². The number of carbonyl (C=O) groups is 2. The molecule has 0 saturated carbocycles. The maximum absolute atomic E-state index is 12.7. The highest BCUT2D eigenvalue weighted by Gasteiger charge is 2.21. The van der Waals surface area contributed by atoms with Gasteiger partial charge in [0.1, 0.15) is 11.6 Å². The van der Waals surface area contributed by atoms with Gasteiger partial charge in [0, 0.05) is 17.5 Å². The summed E-state index contributed by atoms with van der Waals surface area (Å²) in [5.41, 5.74) is 1.14. The average Bonchev–Trinajstić information content (AvgIpc) is 3.00. The van der Waals surface area contributed by atoms with E-state index in [0.717, 1.165) is 30.8 Å². The Bertz CT molecular complexity index is 634. The summed E-state index contributed by atoms with van der Waals surface area (Å²) in [6, 6.07) is 1.78. The summed E-state index contributed by atoms with van der Waals surface area (Å²) in [4.78, 5) is 24.6. The summed E-state index contributed by atoms with van der Waals surface area (Å²) in [7, 11) is 0. The Morgan fingerprint density at radius 2 is 2.38 bits per heavy atom. The fourth-order valence-corrected chi connectivity index (χ4v) is 3.66. The van der Waals surface area contributed by atoms with E-state index in [9.17, 15) is 14.0 Å². The maximum Gasteiger partial charge on any atom is 0.263 e. The summed E-state index contributed by atoms with van der Waals surface area (Å²) in [6.45, 7) is 2.96. The first-order chi connectivity index (χ1) is 11.7. The number of nitrogens with one attached hydrogen (secondary N) is 3. The summed E-state index contributed by atoms with van der Waals surface area (Å²) in [6.07, 6.45) is 7.52. The summed E-state index contributed by atoms with van der Waals surface area (Å²) in [5, 5.41) is 8.80. The van der Waals surface area contributed by atoms with Crippen LogP contribution in [0.3, 0.4) is 0 Å². The molecule has 0 radical (unpaired) electrons. The predicted molar refractivity (Wildman–Crippen MR) is 96.1 cm³/mol. The van der Waals surface area contributed by atoms with Gasteiger partial charge in [0.2, 0.25) is 6.41 Å². The van der Waals surface area contributed by atoms with Crippen LogP contribution < -0.4 is 16.0 Å². The number of rotatable bonds is 7. The Hall–Kier alpha value is -1.99. The molecule has 2 heterocycles. The van der Waals surface area contributed by atoms with E-state index in [2.05, 4.69) is 16.0 Å². The van der Waals surface area contributed by atoms with Crippen molar-refractivity contribution in [2.24, 2.45) is 0 Å². The van der Waals surface area contributed by atoms with Gasteiger partial charge in [0.05, 0.1) is 5.69 Å². The van der Waals surface area contributed by atoms with Gasteiger partial charge in [0.15, 0.2) is 0 Å². The third kappa shape index (κ3) is 4.75. The average molecular weight is 351 g/mol. The number of halogens is 1. The van der Waals surface area contributed by atoms with E-state index in [4.69, 9.17) is 0 Å². The molecule has 3 N–H and O–H groups in total. The molecule has 1 aromatic heterocycles. The molecule has 0 aliphatic carbocycles. The fraction of sp³-hybridized carbons (Fsp3) is 0.412. The number of alkyl halides is 1. The van der Waals surface area contributed by atoms with Crippen LogP contribution in [-0.4, -0.2) is 38.1 Å². The molecule has 1 atom stereocenters. The van der Waals surface area contributed by atoms with Crippen LogP contribution in [0.5, 0.6) is 0 Å². The zero-order valence-corrected chi connectivity index (χ0v) is 14.4. The molecule has 1 saturated heterocycles. The lowest BCUT2D eigenvalue weighted by atomic mass is 10.1. The van der Waals surface area contributed by atoms with Crippen LogP contribution in [0.15, 0.2) is 24.3 Å². The highest BCUT2D eigenvalue weighted by atomic mass is 32.1. The molecule has 2 amide bonds. The van der Waals surface area contributed by atoms with E-state index < -0.39 is 6.67 Å². The van der Waals surface area contributed by atoms with Gasteiger partial charge in [-0.05, 0) is 44.0 Å². The summed E-state index contributed by atoms with van der Waals surface area (Å²) >= 11 is 1.24. The molecular formula is C17H22FN3O2S. The lowest BCUT2D eigenvalue weighted by Gasteiger charge is -2.23. The third-order valence-electron chi connectivity index (χ3n) is 3.71. The molecule has 2 rings (SSSR count).